The maximum atomic E-state index is 12.2. The first kappa shape index (κ1) is 17.7. The van der Waals surface area contributed by atoms with Gasteiger partial charge in [-0.15, -0.1) is 0 Å². The smallest absolute Gasteiger partial charge is 0.252 e. The number of pyridine rings is 1. The van der Waals surface area contributed by atoms with E-state index in [2.05, 4.69) is 41.5 Å². The predicted octanol–water partition coefficient (Wildman–Crippen LogP) is 3.94. The molecule has 0 aliphatic carbocycles. The van der Waals surface area contributed by atoms with Gasteiger partial charge >= 0.3 is 0 Å². The van der Waals surface area contributed by atoms with E-state index in [-0.39, 0.29) is 5.91 Å². The number of hydrogen-bond donors (Lipinski definition) is 1. The van der Waals surface area contributed by atoms with Crippen molar-refractivity contribution in [1.29, 1.82) is 0 Å². The summed E-state index contributed by atoms with van der Waals surface area (Å²) in [4.78, 5) is 16.5. The summed E-state index contributed by atoms with van der Waals surface area (Å²) >= 11 is 0. The summed E-state index contributed by atoms with van der Waals surface area (Å²) in [6.07, 6.45) is 2.40. The van der Waals surface area contributed by atoms with Crippen LogP contribution in [-0.4, -0.2) is 17.4 Å². The van der Waals surface area contributed by atoms with E-state index in [1.807, 2.05) is 36.4 Å². The van der Waals surface area contributed by atoms with Crippen LogP contribution in [0, 0.1) is 6.92 Å². The predicted molar refractivity (Wildman–Crippen MR) is 102 cm³/mol. The summed E-state index contributed by atoms with van der Waals surface area (Å²) < 4.78 is 5.65. The van der Waals surface area contributed by atoms with Crippen molar-refractivity contribution in [3.8, 4) is 5.75 Å². The molecule has 0 saturated heterocycles. The summed E-state index contributed by atoms with van der Waals surface area (Å²) in [6.45, 7) is 3.03. The zero-order valence-electron chi connectivity index (χ0n) is 14.8. The minimum Gasteiger partial charge on any atom is -0.487 e. The minimum atomic E-state index is -0.111. The fourth-order valence-corrected chi connectivity index (χ4v) is 2.50. The van der Waals surface area contributed by atoms with Gasteiger partial charge in [0, 0.05) is 12.7 Å². The molecule has 1 amide bonds. The molecule has 2 aromatic carbocycles. The Kier molecular flexibility index (Phi) is 5.99. The summed E-state index contributed by atoms with van der Waals surface area (Å²) in [5.74, 6) is 0.687. The SMILES string of the molecule is Cc1ccc(CCNC(=O)c2ccc(COc3ccccc3)nc2)cc1. The van der Waals surface area contributed by atoms with Crippen molar-refractivity contribution in [1.82, 2.24) is 10.3 Å². The van der Waals surface area contributed by atoms with Crippen molar-refractivity contribution in [2.75, 3.05) is 6.54 Å². The lowest BCUT2D eigenvalue weighted by atomic mass is 10.1. The van der Waals surface area contributed by atoms with Crippen molar-refractivity contribution in [3.63, 3.8) is 0 Å². The Morgan fingerprint density at radius 2 is 1.77 bits per heavy atom. The van der Waals surface area contributed by atoms with Crippen LogP contribution >= 0.6 is 0 Å². The molecule has 26 heavy (non-hydrogen) atoms. The first-order chi connectivity index (χ1) is 12.7. The highest BCUT2D eigenvalue weighted by Crippen LogP contribution is 2.11. The lowest BCUT2D eigenvalue weighted by molar-refractivity contribution is 0.0953. The van der Waals surface area contributed by atoms with Gasteiger partial charge in [-0.2, -0.15) is 0 Å². The van der Waals surface area contributed by atoms with Crippen molar-refractivity contribution >= 4 is 5.91 Å². The van der Waals surface area contributed by atoms with E-state index in [9.17, 15) is 4.79 Å². The summed E-state index contributed by atoms with van der Waals surface area (Å²) in [6, 6.07) is 21.5. The van der Waals surface area contributed by atoms with E-state index in [1.54, 1.807) is 12.3 Å². The molecule has 4 heteroatoms. The Bertz CT molecular complexity index is 828. The largest absolute Gasteiger partial charge is 0.487 e. The normalized spacial score (nSPS) is 10.3. The Morgan fingerprint density at radius 3 is 2.46 bits per heavy atom. The monoisotopic (exact) mass is 346 g/mol. The highest BCUT2D eigenvalue weighted by atomic mass is 16.5. The zero-order valence-corrected chi connectivity index (χ0v) is 14.8. The third-order valence-corrected chi connectivity index (χ3v) is 4.04. The van der Waals surface area contributed by atoms with Gasteiger partial charge in [0.2, 0.25) is 0 Å². The van der Waals surface area contributed by atoms with Gasteiger partial charge in [-0.3, -0.25) is 9.78 Å². The van der Waals surface area contributed by atoms with Crippen LogP contribution in [0.15, 0.2) is 72.9 Å². The number of benzene rings is 2. The summed E-state index contributed by atoms with van der Waals surface area (Å²) in [5.41, 5.74) is 3.78. The van der Waals surface area contributed by atoms with Crippen LogP contribution in [0.2, 0.25) is 0 Å². The molecule has 3 aromatic rings. The van der Waals surface area contributed by atoms with Gasteiger partial charge in [-0.1, -0.05) is 48.0 Å². The fourth-order valence-electron chi connectivity index (χ4n) is 2.50. The molecule has 0 unspecified atom stereocenters. The summed E-state index contributed by atoms with van der Waals surface area (Å²) in [7, 11) is 0. The lowest BCUT2D eigenvalue weighted by Gasteiger charge is -2.07. The van der Waals surface area contributed by atoms with Crippen LogP contribution in [0.4, 0.5) is 0 Å². The van der Waals surface area contributed by atoms with Gasteiger partial charge in [0.15, 0.2) is 0 Å². The molecule has 4 nitrogen and oxygen atoms in total. The number of nitrogens with zero attached hydrogens (tertiary/aromatic N) is 1. The molecule has 0 atom stereocenters. The Balaban J connectivity index is 1.46. The van der Waals surface area contributed by atoms with E-state index >= 15 is 0 Å². The number of para-hydroxylation sites is 1. The van der Waals surface area contributed by atoms with Gasteiger partial charge in [-0.25, -0.2) is 0 Å². The second-order valence-corrected chi connectivity index (χ2v) is 6.13. The third kappa shape index (κ3) is 5.18. The molecule has 1 N–H and O–H groups in total. The molecule has 1 aromatic heterocycles. The van der Waals surface area contributed by atoms with E-state index in [0.717, 1.165) is 17.9 Å². The molecule has 0 aliphatic rings. The third-order valence-electron chi connectivity index (χ3n) is 4.04. The van der Waals surface area contributed by atoms with Gasteiger partial charge in [0.05, 0.1) is 11.3 Å². The number of nitrogens with one attached hydrogen (secondary N) is 1. The quantitative estimate of drug-likeness (QED) is 0.705. The van der Waals surface area contributed by atoms with E-state index in [4.69, 9.17) is 4.74 Å². The Hall–Kier alpha value is -3.14. The molecule has 0 bridgehead atoms. The van der Waals surface area contributed by atoms with Crippen molar-refractivity contribution < 1.29 is 9.53 Å². The number of aryl methyl sites for hydroxylation is 1. The molecule has 1 heterocycles. The molecule has 0 fully saturated rings. The zero-order chi connectivity index (χ0) is 18.2. The number of rotatable bonds is 7. The molecule has 3 rings (SSSR count). The van der Waals surface area contributed by atoms with Crippen LogP contribution in [0.5, 0.6) is 5.75 Å². The van der Waals surface area contributed by atoms with Gasteiger partial charge in [0.25, 0.3) is 5.91 Å². The van der Waals surface area contributed by atoms with E-state index in [0.29, 0.717) is 18.7 Å². The lowest BCUT2D eigenvalue weighted by Crippen LogP contribution is -2.25. The van der Waals surface area contributed by atoms with Crippen molar-refractivity contribution in [2.45, 2.75) is 20.0 Å². The van der Waals surface area contributed by atoms with E-state index < -0.39 is 0 Å². The molecule has 0 aliphatic heterocycles. The number of carbonyl (C=O) groups excluding carboxylic acids is 1. The Labute approximate surface area is 153 Å². The van der Waals surface area contributed by atoms with E-state index in [1.165, 1.54) is 11.1 Å². The molecule has 0 saturated carbocycles. The molecule has 132 valence electrons. The molecule has 0 radical (unpaired) electrons. The average Bonchev–Trinajstić information content (AvgIpc) is 2.69. The number of ether oxygens (including phenoxy) is 1. The number of hydrogen-bond acceptors (Lipinski definition) is 3. The van der Waals surface area contributed by atoms with Crippen LogP contribution < -0.4 is 10.1 Å². The average molecular weight is 346 g/mol. The maximum Gasteiger partial charge on any atom is 0.252 e. The van der Waals surface area contributed by atoms with Crippen LogP contribution in [-0.2, 0) is 13.0 Å². The van der Waals surface area contributed by atoms with Crippen LogP contribution in [0.25, 0.3) is 0 Å². The minimum absolute atomic E-state index is 0.111. The van der Waals surface area contributed by atoms with Gasteiger partial charge < -0.3 is 10.1 Å². The topological polar surface area (TPSA) is 51.2 Å². The number of aromatic nitrogens is 1. The standard InChI is InChI=1S/C22H22N2O2/c1-17-7-9-18(10-8-17)13-14-23-22(25)19-11-12-20(24-15-19)16-26-21-5-3-2-4-6-21/h2-12,15H,13-14,16H2,1H3,(H,23,25). The number of carbonyl (C=O) groups is 1. The van der Waals surface area contributed by atoms with Crippen molar-refractivity contribution in [3.05, 3.63) is 95.3 Å². The fraction of sp³-hybridized carbons (Fsp3) is 0.182. The first-order valence-electron chi connectivity index (χ1n) is 8.67. The highest BCUT2D eigenvalue weighted by molar-refractivity contribution is 5.93. The van der Waals surface area contributed by atoms with Gasteiger partial charge in [-0.05, 0) is 43.2 Å². The molecular formula is C22H22N2O2. The van der Waals surface area contributed by atoms with Crippen LogP contribution in [0.3, 0.4) is 0 Å². The molecule has 0 spiro atoms. The summed E-state index contributed by atoms with van der Waals surface area (Å²) in [5, 5.41) is 2.93. The van der Waals surface area contributed by atoms with Crippen LogP contribution in [0.1, 0.15) is 27.2 Å². The number of amides is 1. The highest BCUT2D eigenvalue weighted by Gasteiger charge is 2.06. The van der Waals surface area contributed by atoms with Gasteiger partial charge in [0.1, 0.15) is 12.4 Å². The maximum absolute atomic E-state index is 12.2. The van der Waals surface area contributed by atoms with Crippen molar-refractivity contribution in [2.24, 2.45) is 0 Å². The molecular weight excluding hydrogens is 324 g/mol. The Morgan fingerprint density at radius 1 is 1.00 bits per heavy atom. The second kappa shape index (κ2) is 8.81. The second-order valence-electron chi connectivity index (χ2n) is 6.13. The first-order valence-corrected chi connectivity index (χ1v) is 8.67.